The molecule has 0 spiro atoms. The highest BCUT2D eigenvalue weighted by Crippen LogP contribution is 2.30. The number of hydrogen-bond acceptors (Lipinski definition) is 9. The number of halogens is 2. The number of hydrogen-bond donors (Lipinski definition) is 3. The fraction of sp³-hybridized carbons (Fsp3) is 0.231. The molecule has 38 heavy (non-hydrogen) atoms. The molecule has 3 heterocycles. The topological polar surface area (TPSA) is 134 Å². The number of likely N-dealkylation sites (N-methyl/N-ethyl adjacent to an activating group) is 1. The van der Waals surface area contributed by atoms with Crippen LogP contribution in [0.3, 0.4) is 0 Å². The third-order valence-corrected chi connectivity index (χ3v) is 6.14. The summed E-state index contributed by atoms with van der Waals surface area (Å²) in [6, 6.07) is 7.24. The van der Waals surface area contributed by atoms with Crippen molar-refractivity contribution >= 4 is 5.82 Å². The zero-order valence-corrected chi connectivity index (χ0v) is 20.3. The summed E-state index contributed by atoms with van der Waals surface area (Å²) in [5.74, 6) is -1.68. The van der Waals surface area contributed by atoms with Crippen LogP contribution < -0.4 is 4.90 Å². The summed E-state index contributed by atoms with van der Waals surface area (Å²) in [6.07, 6.45) is 6.02. The largest absolute Gasteiger partial charge is 0.504 e. The average Bonchev–Trinajstić information content (AvgIpc) is 3.57. The van der Waals surface area contributed by atoms with Crippen LogP contribution in [0.15, 0.2) is 70.9 Å². The summed E-state index contributed by atoms with van der Waals surface area (Å²) in [5.41, 5.74) is 2.15. The Kier molecular flexibility index (Phi) is 6.88. The van der Waals surface area contributed by atoms with Crippen molar-refractivity contribution in [2.45, 2.75) is 25.5 Å². The Hall–Kier alpha value is -4.58. The van der Waals surface area contributed by atoms with Crippen LogP contribution in [0.2, 0.25) is 0 Å². The first kappa shape index (κ1) is 25.1. The molecular formula is C26H24F2N6O4. The van der Waals surface area contributed by atoms with Crippen molar-refractivity contribution in [3.63, 3.8) is 0 Å². The van der Waals surface area contributed by atoms with Gasteiger partial charge in [0.2, 0.25) is 0 Å². The van der Waals surface area contributed by atoms with Crippen LogP contribution >= 0.6 is 0 Å². The Morgan fingerprint density at radius 2 is 1.89 bits per heavy atom. The van der Waals surface area contributed by atoms with E-state index >= 15 is 0 Å². The maximum Gasteiger partial charge on any atom is 0.183 e. The first-order valence-electron chi connectivity index (χ1n) is 11.8. The number of allylic oxidation sites excluding steroid dienone is 4. The molecule has 0 aliphatic heterocycles. The fourth-order valence-electron chi connectivity index (χ4n) is 4.14. The van der Waals surface area contributed by atoms with Gasteiger partial charge in [-0.05, 0) is 42.7 Å². The first-order valence-corrected chi connectivity index (χ1v) is 11.8. The van der Waals surface area contributed by atoms with Gasteiger partial charge in [0.15, 0.2) is 29.0 Å². The number of benzene rings is 1. The Balaban J connectivity index is 1.44. The van der Waals surface area contributed by atoms with Crippen LogP contribution in [0.1, 0.15) is 24.5 Å². The lowest BCUT2D eigenvalue weighted by Crippen LogP contribution is -2.26. The van der Waals surface area contributed by atoms with Crippen molar-refractivity contribution in [3.05, 3.63) is 77.7 Å². The van der Waals surface area contributed by atoms with Crippen LogP contribution in [-0.4, -0.2) is 53.8 Å². The van der Waals surface area contributed by atoms with Crippen molar-refractivity contribution in [2.75, 3.05) is 18.5 Å². The summed E-state index contributed by atoms with van der Waals surface area (Å²) in [4.78, 5) is 9.83. The van der Waals surface area contributed by atoms with Crippen LogP contribution in [0.5, 0.6) is 11.5 Å². The number of aromatic nitrogens is 5. The summed E-state index contributed by atoms with van der Waals surface area (Å²) >= 11 is 0. The van der Waals surface area contributed by atoms with E-state index in [4.69, 9.17) is 4.52 Å². The summed E-state index contributed by atoms with van der Waals surface area (Å²) in [5, 5.41) is 38.3. The van der Waals surface area contributed by atoms with E-state index in [9.17, 15) is 24.1 Å². The number of nitrogens with zero attached hydrogens (tertiary/aromatic N) is 6. The van der Waals surface area contributed by atoms with E-state index < -0.39 is 11.9 Å². The molecule has 0 saturated carbocycles. The molecular weight excluding hydrogens is 498 g/mol. The van der Waals surface area contributed by atoms with E-state index in [1.165, 1.54) is 35.4 Å². The van der Waals surface area contributed by atoms with E-state index in [1.807, 2.05) is 6.08 Å². The average molecular weight is 523 g/mol. The van der Waals surface area contributed by atoms with Crippen molar-refractivity contribution in [2.24, 2.45) is 0 Å². The molecule has 3 aromatic heterocycles. The van der Waals surface area contributed by atoms with Crippen molar-refractivity contribution < 1.29 is 28.6 Å². The minimum atomic E-state index is -1.12. The van der Waals surface area contributed by atoms with Crippen LogP contribution in [-0.2, 0) is 6.54 Å². The maximum absolute atomic E-state index is 14.7. The van der Waals surface area contributed by atoms with Crippen LogP contribution in [0, 0.1) is 5.82 Å². The van der Waals surface area contributed by atoms with E-state index in [0.29, 0.717) is 34.6 Å². The SMILES string of the molecule is CN(CC(O)c1ccc(O)c(O)c1)c1nc(-c2cc(-c3ccon3)n(CC3=CCCC=C3F)n2)ncc1F. The second kappa shape index (κ2) is 10.4. The van der Waals surface area contributed by atoms with Crippen molar-refractivity contribution in [1.29, 1.82) is 0 Å². The zero-order chi connectivity index (χ0) is 26.8. The molecule has 0 bridgehead atoms. The number of anilines is 1. The second-order valence-electron chi connectivity index (χ2n) is 8.83. The van der Waals surface area contributed by atoms with Gasteiger partial charge in [-0.15, -0.1) is 0 Å². The summed E-state index contributed by atoms with van der Waals surface area (Å²) in [7, 11) is 1.54. The van der Waals surface area contributed by atoms with Crippen molar-refractivity contribution in [3.8, 4) is 34.4 Å². The van der Waals surface area contributed by atoms with Crippen LogP contribution in [0.25, 0.3) is 22.9 Å². The van der Waals surface area contributed by atoms with Crippen LogP contribution in [0.4, 0.5) is 14.6 Å². The van der Waals surface area contributed by atoms with Gasteiger partial charge in [-0.3, -0.25) is 4.68 Å². The molecule has 0 amide bonds. The van der Waals surface area contributed by atoms with E-state index in [2.05, 4.69) is 20.2 Å². The summed E-state index contributed by atoms with van der Waals surface area (Å²) < 4.78 is 35.7. The highest BCUT2D eigenvalue weighted by Gasteiger charge is 2.21. The van der Waals surface area contributed by atoms with E-state index in [-0.39, 0.29) is 42.1 Å². The number of aliphatic hydroxyl groups is 1. The second-order valence-corrected chi connectivity index (χ2v) is 8.83. The molecule has 196 valence electrons. The normalized spacial score (nSPS) is 14.2. The molecule has 1 aromatic carbocycles. The molecule has 1 aliphatic carbocycles. The minimum absolute atomic E-state index is 0.0734. The van der Waals surface area contributed by atoms with E-state index in [1.54, 1.807) is 23.9 Å². The lowest BCUT2D eigenvalue weighted by atomic mass is 10.1. The number of rotatable bonds is 8. The first-order chi connectivity index (χ1) is 18.3. The molecule has 1 atom stereocenters. The van der Waals surface area contributed by atoms with Gasteiger partial charge in [0, 0.05) is 25.2 Å². The quantitative estimate of drug-likeness (QED) is 0.290. The highest BCUT2D eigenvalue weighted by atomic mass is 19.1. The minimum Gasteiger partial charge on any atom is -0.504 e. The molecule has 0 radical (unpaired) electrons. The number of aliphatic hydroxyl groups excluding tert-OH is 1. The monoisotopic (exact) mass is 522 g/mol. The maximum atomic E-state index is 14.7. The van der Waals surface area contributed by atoms with E-state index in [0.717, 1.165) is 12.6 Å². The van der Waals surface area contributed by atoms with Crippen molar-refractivity contribution in [1.82, 2.24) is 24.9 Å². The van der Waals surface area contributed by atoms with Gasteiger partial charge < -0.3 is 24.7 Å². The Bertz CT molecular complexity index is 1520. The smallest absolute Gasteiger partial charge is 0.183 e. The standard InChI is InChI=1S/C26H24F2N6O4/c1-33(14-24(37)15-6-7-22(35)23(36)10-15)26-18(28)12-29-25(30-26)20-11-21(19-8-9-38-32-19)34(31-20)13-16-4-2-3-5-17(16)27/h4-12,24,35-37H,2-3,13-14H2,1H3. The predicted molar refractivity (Wildman–Crippen MR) is 133 cm³/mol. The third-order valence-electron chi connectivity index (χ3n) is 6.14. The van der Waals surface area contributed by atoms with Gasteiger partial charge in [-0.25, -0.2) is 18.7 Å². The number of phenols is 2. The molecule has 5 rings (SSSR count). The highest BCUT2D eigenvalue weighted by molar-refractivity contribution is 5.63. The predicted octanol–water partition coefficient (Wildman–Crippen LogP) is 4.29. The van der Waals surface area contributed by atoms with Gasteiger partial charge in [0.1, 0.15) is 23.5 Å². The molecule has 10 nitrogen and oxygen atoms in total. The Morgan fingerprint density at radius 1 is 1.08 bits per heavy atom. The zero-order valence-electron chi connectivity index (χ0n) is 20.3. The fourth-order valence-corrected chi connectivity index (χ4v) is 4.14. The molecule has 1 aliphatic rings. The molecule has 12 heteroatoms. The van der Waals surface area contributed by atoms with Gasteiger partial charge in [0.05, 0.1) is 24.5 Å². The lowest BCUT2D eigenvalue weighted by molar-refractivity contribution is 0.184. The molecule has 4 aromatic rings. The molecule has 3 N–H and O–H groups in total. The molecule has 0 saturated heterocycles. The lowest BCUT2D eigenvalue weighted by Gasteiger charge is -2.22. The Morgan fingerprint density at radius 3 is 2.63 bits per heavy atom. The number of aromatic hydroxyl groups is 2. The Labute approximate surface area is 215 Å². The molecule has 1 unspecified atom stereocenters. The van der Waals surface area contributed by atoms with Gasteiger partial charge >= 0.3 is 0 Å². The molecule has 0 fully saturated rings. The summed E-state index contributed by atoms with van der Waals surface area (Å²) in [6.45, 7) is 0.0696. The van der Waals surface area contributed by atoms with Gasteiger partial charge in [-0.2, -0.15) is 5.10 Å². The number of phenolic OH excluding ortho intramolecular Hbond substituents is 2. The van der Waals surface area contributed by atoms with Gasteiger partial charge in [-0.1, -0.05) is 17.3 Å². The van der Waals surface area contributed by atoms with Gasteiger partial charge in [0.25, 0.3) is 0 Å². The third kappa shape index (κ3) is 5.11.